The highest BCUT2D eigenvalue weighted by atomic mass is 16.1. The van der Waals surface area contributed by atoms with Gasteiger partial charge in [0.1, 0.15) is 11.6 Å². The van der Waals surface area contributed by atoms with Crippen LogP contribution in [0.4, 0.5) is 5.82 Å². The summed E-state index contributed by atoms with van der Waals surface area (Å²) in [5.41, 5.74) is 9.00. The van der Waals surface area contributed by atoms with Gasteiger partial charge in [-0.3, -0.25) is 4.79 Å². The first-order valence-electron chi connectivity index (χ1n) is 6.67. The third kappa shape index (κ3) is 1.93. The minimum Gasteiger partial charge on any atom is -0.383 e. The van der Waals surface area contributed by atoms with Gasteiger partial charge in [-0.1, -0.05) is 37.6 Å². The second kappa shape index (κ2) is 4.53. The van der Waals surface area contributed by atoms with Gasteiger partial charge in [0.25, 0.3) is 5.56 Å². The molecule has 0 saturated heterocycles. The number of aromatic amines is 1. The van der Waals surface area contributed by atoms with Gasteiger partial charge in [0.05, 0.1) is 5.56 Å². The molecule has 0 radical (unpaired) electrons. The van der Waals surface area contributed by atoms with E-state index in [1.165, 1.54) is 11.1 Å². The molecule has 1 unspecified atom stereocenters. The number of nitrogens with two attached hydrogens (primary N) is 1. The Labute approximate surface area is 111 Å². The molecule has 1 heterocycles. The van der Waals surface area contributed by atoms with Crippen molar-refractivity contribution in [1.29, 1.82) is 0 Å². The maximum Gasteiger partial charge on any atom is 0.256 e. The zero-order chi connectivity index (χ0) is 13.4. The Kier molecular flexibility index (Phi) is 2.85. The van der Waals surface area contributed by atoms with Crippen molar-refractivity contribution in [3.05, 3.63) is 57.1 Å². The highest BCUT2D eigenvalue weighted by Gasteiger charge is 2.29. The van der Waals surface area contributed by atoms with Crippen LogP contribution in [-0.4, -0.2) is 9.97 Å². The van der Waals surface area contributed by atoms with Crippen molar-refractivity contribution in [2.75, 3.05) is 5.73 Å². The van der Waals surface area contributed by atoms with E-state index in [9.17, 15) is 4.79 Å². The number of nitrogen functional groups attached to an aromatic ring is 1. The van der Waals surface area contributed by atoms with E-state index >= 15 is 0 Å². The fourth-order valence-electron chi connectivity index (χ4n) is 2.69. The maximum atomic E-state index is 12.0. The first kappa shape index (κ1) is 12.0. The standard InChI is InChI=1S/C15H17N3O/c1-2-5-11-13(16)17-14(18-15(11)19)12-8-9-6-3-4-7-10(9)12/h3-4,6-7,12H,2,5,8H2,1H3,(H3,16,17,18,19). The van der Waals surface area contributed by atoms with Crippen LogP contribution in [0.15, 0.2) is 29.1 Å². The molecule has 1 atom stereocenters. The number of fused-ring (bicyclic) bond motifs is 1. The van der Waals surface area contributed by atoms with Gasteiger partial charge >= 0.3 is 0 Å². The minimum atomic E-state index is -0.0891. The Balaban J connectivity index is 1.99. The molecule has 0 bridgehead atoms. The summed E-state index contributed by atoms with van der Waals surface area (Å²) in [6, 6.07) is 8.24. The summed E-state index contributed by atoms with van der Waals surface area (Å²) in [6.45, 7) is 2.02. The van der Waals surface area contributed by atoms with Crippen LogP contribution in [0.2, 0.25) is 0 Å². The quantitative estimate of drug-likeness (QED) is 0.881. The molecule has 0 amide bonds. The van der Waals surface area contributed by atoms with E-state index in [1.807, 2.05) is 19.1 Å². The number of hydrogen-bond acceptors (Lipinski definition) is 3. The molecule has 0 fully saturated rings. The average molecular weight is 255 g/mol. The Hall–Kier alpha value is -2.10. The number of H-pyrrole nitrogens is 1. The van der Waals surface area contributed by atoms with Gasteiger partial charge < -0.3 is 10.7 Å². The average Bonchev–Trinajstić information content (AvgIpc) is 2.35. The minimum absolute atomic E-state index is 0.0891. The first-order chi connectivity index (χ1) is 9.20. The molecule has 4 nitrogen and oxygen atoms in total. The molecular formula is C15H17N3O. The summed E-state index contributed by atoms with van der Waals surface area (Å²) < 4.78 is 0. The smallest absolute Gasteiger partial charge is 0.256 e. The lowest BCUT2D eigenvalue weighted by Gasteiger charge is -2.29. The van der Waals surface area contributed by atoms with Crippen LogP contribution in [0, 0.1) is 0 Å². The molecule has 1 aliphatic carbocycles. The molecule has 2 aromatic rings. The Morgan fingerprint density at radius 2 is 2.21 bits per heavy atom. The molecule has 3 rings (SSSR count). The molecule has 4 heteroatoms. The fraction of sp³-hybridized carbons (Fsp3) is 0.333. The predicted molar refractivity (Wildman–Crippen MR) is 75.3 cm³/mol. The van der Waals surface area contributed by atoms with Crippen molar-refractivity contribution in [2.45, 2.75) is 32.1 Å². The lowest BCUT2D eigenvalue weighted by atomic mass is 9.77. The van der Waals surface area contributed by atoms with E-state index in [4.69, 9.17) is 5.73 Å². The van der Waals surface area contributed by atoms with E-state index in [1.54, 1.807) is 0 Å². The van der Waals surface area contributed by atoms with E-state index in [2.05, 4.69) is 22.1 Å². The summed E-state index contributed by atoms with van der Waals surface area (Å²) in [7, 11) is 0. The van der Waals surface area contributed by atoms with Crippen LogP contribution >= 0.6 is 0 Å². The SMILES string of the molecule is CCCc1c(N)nc(C2Cc3ccccc32)[nH]c1=O. The van der Waals surface area contributed by atoms with E-state index in [0.717, 1.165) is 12.8 Å². The molecule has 0 aliphatic heterocycles. The van der Waals surface area contributed by atoms with E-state index < -0.39 is 0 Å². The van der Waals surface area contributed by atoms with Gasteiger partial charge in [-0.25, -0.2) is 4.98 Å². The van der Waals surface area contributed by atoms with E-state index in [-0.39, 0.29) is 11.5 Å². The molecule has 0 saturated carbocycles. The normalized spacial score (nSPS) is 16.8. The lowest BCUT2D eigenvalue weighted by molar-refractivity contribution is 0.654. The van der Waals surface area contributed by atoms with Crippen LogP contribution in [-0.2, 0) is 12.8 Å². The number of aromatic nitrogens is 2. The zero-order valence-electron chi connectivity index (χ0n) is 10.9. The zero-order valence-corrected chi connectivity index (χ0v) is 10.9. The largest absolute Gasteiger partial charge is 0.383 e. The third-order valence-electron chi connectivity index (χ3n) is 3.75. The number of anilines is 1. The summed E-state index contributed by atoms with van der Waals surface area (Å²) >= 11 is 0. The highest BCUT2D eigenvalue weighted by molar-refractivity contribution is 5.46. The second-order valence-corrected chi connectivity index (χ2v) is 5.02. The first-order valence-corrected chi connectivity index (χ1v) is 6.67. The van der Waals surface area contributed by atoms with Gasteiger partial charge in [-0.2, -0.15) is 0 Å². The van der Waals surface area contributed by atoms with Crippen molar-refractivity contribution in [1.82, 2.24) is 9.97 Å². The van der Waals surface area contributed by atoms with Crippen molar-refractivity contribution in [3.63, 3.8) is 0 Å². The predicted octanol–water partition coefficient (Wildman–Crippen LogP) is 1.99. The van der Waals surface area contributed by atoms with Gasteiger partial charge in [0.15, 0.2) is 0 Å². The number of nitrogens with one attached hydrogen (secondary N) is 1. The van der Waals surface area contributed by atoms with Crippen molar-refractivity contribution >= 4 is 5.82 Å². The molecule has 19 heavy (non-hydrogen) atoms. The number of rotatable bonds is 3. The highest BCUT2D eigenvalue weighted by Crippen LogP contribution is 2.38. The molecular weight excluding hydrogens is 238 g/mol. The number of benzene rings is 1. The summed E-state index contributed by atoms with van der Waals surface area (Å²) in [5, 5.41) is 0. The maximum absolute atomic E-state index is 12.0. The Bertz CT molecular complexity index is 675. The Morgan fingerprint density at radius 3 is 2.89 bits per heavy atom. The van der Waals surface area contributed by atoms with Crippen molar-refractivity contribution in [3.8, 4) is 0 Å². The topological polar surface area (TPSA) is 71.8 Å². The molecule has 3 N–H and O–H groups in total. The van der Waals surface area contributed by atoms with E-state index in [0.29, 0.717) is 23.6 Å². The second-order valence-electron chi connectivity index (χ2n) is 5.02. The van der Waals surface area contributed by atoms with Crippen molar-refractivity contribution < 1.29 is 0 Å². The Morgan fingerprint density at radius 1 is 1.42 bits per heavy atom. The number of hydrogen-bond donors (Lipinski definition) is 2. The lowest BCUT2D eigenvalue weighted by Crippen LogP contribution is -2.26. The van der Waals surface area contributed by atoms with Gasteiger partial charge in [-0.15, -0.1) is 0 Å². The van der Waals surface area contributed by atoms with Crippen molar-refractivity contribution in [2.24, 2.45) is 0 Å². The molecule has 1 aromatic heterocycles. The van der Waals surface area contributed by atoms with Crippen LogP contribution in [0.3, 0.4) is 0 Å². The summed E-state index contributed by atoms with van der Waals surface area (Å²) in [6.07, 6.45) is 2.49. The summed E-state index contributed by atoms with van der Waals surface area (Å²) in [4.78, 5) is 19.3. The molecule has 0 spiro atoms. The van der Waals surface area contributed by atoms with Gasteiger partial charge in [-0.05, 0) is 24.0 Å². The monoisotopic (exact) mass is 255 g/mol. The number of nitrogens with zero attached hydrogens (tertiary/aromatic N) is 1. The molecule has 1 aromatic carbocycles. The van der Waals surface area contributed by atoms with Gasteiger partial charge in [0.2, 0.25) is 0 Å². The fourth-order valence-corrected chi connectivity index (χ4v) is 2.69. The van der Waals surface area contributed by atoms with Gasteiger partial charge in [0, 0.05) is 5.92 Å². The van der Waals surface area contributed by atoms with Crippen LogP contribution in [0.25, 0.3) is 0 Å². The third-order valence-corrected chi connectivity index (χ3v) is 3.75. The van der Waals surface area contributed by atoms with Crippen LogP contribution < -0.4 is 11.3 Å². The van der Waals surface area contributed by atoms with Crippen LogP contribution in [0.5, 0.6) is 0 Å². The van der Waals surface area contributed by atoms with Crippen LogP contribution in [0.1, 0.15) is 41.8 Å². The molecule has 98 valence electrons. The molecule has 1 aliphatic rings. The summed E-state index contributed by atoms with van der Waals surface area (Å²) in [5.74, 6) is 1.26.